The van der Waals surface area contributed by atoms with E-state index in [1.807, 2.05) is 13.0 Å². The Morgan fingerprint density at radius 2 is 2.05 bits per heavy atom. The highest BCUT2D eigenvalue weighted by Crippen LogP contribution is 2.34. The average Bonchev–Trinajstić information content (AvgIpc) is 2.65. The van der Waals surface area contributed by atoms with Crippen molar-refractivity contribution in [2.45, 2.75) is 13.5 Å². The molecule has 1 amide bonds. The summed E-state index contributed by atoms with van der Waals surface area (Å²) in [5, 5.41) is 0.311. The number of halogens is 1. The van der Waals surface area contributed by atoms with E-state index in [4.69, 9.17) is 11.6 Å². The molecule has 1 aromatic carbocycles. The summed E-state index contributed by atoms with van der Waals surface area (Å²) in [4.78, 5) is 29.6. The van der Waals surface area contributed by atoms with Gasteiger partial charge in [0, 0.05) is 12.4 Å². The number of fused-ring (bicyclic) bond motifs is 1. The van der Waals surface area contributed by atoms with E-state index >= 15 is 0 Å². The molecular formula is C15H11ClN2O2. The van der Waals surface area contributed by atoms with Gasteiger partial charge in [0.1, 0.15) is 0 Å². The summed E-state index contributed by atoms with van der Waals surface area (Å²) < 4.78 is 0. The lowest BCUT2D eigenvalue weighted by molar-refractivity contribution is -0.114. The lowest BCUT2D eigenvalue weighted by Crippen LogP contribution is -2.29. The van der Waals surface area contributed by atoms with Crippen LogP contribution in [0.4, 0.5) is 5.69 Å². The Labute approximate surface area is 121 Å². The van der Waals surface area contributed by atoms with Crippen LogP contribution in [0.15, 0.2) is 36.7 Å². The van der Waals surface area contributed by atoms with Gasteiger partial charge in [-0.1, -0.05) is 23.7 Å². The van der Waals surface area contributed by atoms with E-state index in [1.165, 1.54) is 4.90 Å². The maximum absolute atomic E-state index is 12.1. The molecule has 0 saturated carbocycles. The molecule has 2 heterocycles. The predicted molar refractivity (Wildman–Crippen MR) is 75.9 cm³/mol. The highest BCUT2D eigenvalue weighted by Gasteiger charge is 2.37. The Hall–Kier alpha value is -2.20. The lowest BCUT2D eigenvalue weighted by Gasteiger charge is -2.16. The first-order chi connectivity index (χ1) is 9.58. The van der Waals surface area contributed by atoms with Crippen LogP contribution in [-0.2, 0) is 11.3 Å². The molecule has 0 saturated heterocycles. The number of rotatable bonds is 2. The molecule has 1 aliphatic heterocycles. The van der Waals surface area contributed by atoms with Gasteiger partial charge in [0.15, 0.2) is 0 Å². The molecule has 5 heteroatoms. The standard InChI is InChI=1S/C15H11ClN2O2/c1-9-5-10(7-17-6-9)8-18-12-4-2-3-11(16)13(12)14(19)15(18)20/h2-7H,8H2,1H3. The number of carbonyl (C=O) groups is 2. The first kappa shape index (κ1) is 12.8. The zero-order chi connectivity index (χ0) is 14.3. The fourth-order valence-corrected chi connectivity index (χ4v) is 2.60. The van der Waals surface area contributed by atoms with Gasteiger partial charge in [-0.2, -0.15) is 0 Å². The molecule has 0 N–H and O–H groups in total. The number of hydrogen-bond acceptors (Lipinski definition) is 3. The Bertz CT molecular complexity index is 728. The Morgan fingerprint density at radius 1 is 1.25 bits per heavy atom. The number of nitrogens with zero attached hydrogens (tertiary/aromatic N) is 2. The van der Waals surface area contributed by atoms with Crippen LogP contribution in [0, 0.1) is 6.92 Å². The maximum Gasteiger partial charge on any atom is 0.299 e. The highest BCUT2D eigenvalue weighted by molar-refractivity contribution is 6.55. The highest BCUT2D eigenvalue weighted by atomic mass is 35.5. The van der Waals surface area contributed by atoms with E-state index in [0.717, 1.165) is 11.1 Å². The number of carbonyl (C=O) groups excluding carboxylic acids is 2. The van der Waals surface area contributed by atoms with Gasteiger partial charge in [-0.15, -0.1) is 0 Å². The molecule has 1 aliphatic rings. The molecule has 0 aliphatic carbocycles. The Balaban J connectivity index is 2.02. The molecule has 2 aromatic rings. The number of pyridine rings is 1. The molecule has 0 fully saturated rings. The van der Waals surface area contributed by atoms with Crippen LogP contribution < -0.4 is 4.90 Å². The quantitative estimate of drug-likeness (QED) is 0.798. The van der Waals surface area contributed by atoms with Crippen molar-refractivity contribution in [3.05, 3.63) is 58.4 Å². The van der Waals surface area contributed by atoms with Gasteiger partial charge in [-0.25, -0.2) is 0 Å². The van der Waals surface area contributed by atoms with Crippen molar-refractivity contribution in [3.63, 3.8) is 0 Å². The molecular weight excluding hydrogens is 276 g/mol. The third-order valence-corrected chi connectivity index (χ3v) is 3.54. The summed E-state index contributed by atoms with van der Waals surface area (Å²) in [5.41, 5.74) is 2.74. The van der Waals surface area contributed by atoms with Crippen LogP contribution in [0.1, 0.15) is 21.5 Å². The summed E-state index contributed by atoms with van der Waals surface area (Å²) in [6, 6.07) is 7.01. The second-order valence-corrected chi connectivity index (χ2v) is 5.13. The molecule has 100 valence electrons. The topological polar surface area (TPSA) is 50.3 Å². The van der Waals surface area contributed by atoms with Gasteiger partial charge >= 0.3 is 0 Å². The zero-order valence-corrected chi connectivity index (χ0v) is 11.5. The summed E-state index contributed by atoms with van der Waals surface area (Å²) in [6.45, 7) is 2.24. The van der Waals surface area contributed by atoms with Gasteiger partial charge in [0.2, 0.25) is 0 Å². The fourth-order valence-electron chi connectivity index (χ4n) is 2.34. The number of amides is 1. The van der Waals surface area contributed by atoms with Crippen LogP contribution in [0.5, 0.6) is 0 Å². The van der Waals surface area contributed by atoms with E-state index < -0.39 is 11.7 Å². The van der Waals surface area contributed by atoms with Crippen LogP contribution in [0.3, 0.4) is 0 Å². The van der Waals surface area contributed by atoms with Gasteiger partial charge in [-0.05, 0) is 30.2 Å². The molecule has 0 spiro atoms. The van der Waals surface area contributed by atoms with Crippen LogP contribution >= 0.6 is 11.6 Å². The van der Waals surface area contributed by atoms with Crippen molar-refractivity contribution in [1.29, 1.82) is 0 Å². The van der Waals surface area contributed by atoms with E-state index in [9.17, 15) is 9.59 Å². The van der Waals surface area contributed by atoms with Crippen LogP contribution in [-0.4, -0.2) is 16.7 Å². The predicted octanol–water partition coefficient (Wildman–Crippen LogP) is 2.77. The molecule has 0 radical (unpaired) electrons. The molecule has 1 aromatic heterocycles. The summed E-state index contributed by atoms with van der Waals surface area (Å²) in [6.07, 6.45) is 3.43. The van der Waals surface area contributed by atoms with Crippen molar-refractivity contribution < 1.29 is 9.59 Å². The number of anilines is 1. The van der Waals surface area contributed by atoms with E-state index in [-0.39, 0.29) is 0 Å². The molecule has 3 rings (SSSR count). The van der Waals surface area contributed by atoms with Crippen molar-refractivity contribution in [2.24, 2.45) is 0 Å². The number of hydrogen-bond donors (Lipinski definition) is 0. The lowest BCUT2D eigenvalue weighted by atomic mass is 10.1. The van der Waals surface area contributed by atoms with E-state index in [1.54, 1.807) is 30.6 Å². The molecule has 20 heavy (non-hydrogen) atoms. The zero-order valence-electron chi connectivity index (χ0n) is 10.8. The fraction of sp³-hybridized carbons (Fsp3) is 0.133. The molecule has 0 unspecified atom stereocenters. The second-order valence-electron chi connectivity index (χ2n) is 4.72. The number of Topliss-reactive ketones (excluding diaryl/α,β-unsaturated/α-hetero) is 1. The van der Waals surface area contributed by atoms with Gasteiger partial charge in [0.25, 0.3) is 11.7 Å². The first-order valence-electron chi connectivity index (χ1n) is 6.13. The first-order valence-corrected chi connectivity index (χ1v) is 6.51. The molecule has 0 bridgehead atoms. The minimum Gasteiger partial charge on any atom is -0.300 e. The smallest absolute Gasteiger partial charge is 0.299 e. The number of aryl methyl sites for hydroxylation is 1. The van der Waals surface area contributed by atoms with Crippen LogP contribution in [0.2, 0.25) is 5.02 Å². The minimum absolute atomic E-state index is 0.291. The van der Waals surface area contributed by atoms with Crippen molar-refractivity contribution >= 4 is 29.0 Å². The SMILES string of the molecule is Cc1cncc(CN2C(=O)C(=O)c3c(Cl)cccc32)c1. The van der Waals surface area contributed by atoms with Crippen LogP contribution in [0.25, 0.3) is 0 Å². The van der Waals surface area contributed by atoms with E-state index in [2.05, 4.69) is 4.98 Å². The number of aromatic nitrogens is 1. The van der Waals surface area contributed by atoms with Crippen molar-refractivity contribution in [2.75, 3.05) is 4.90 Å². The minimum atomic E-state index is -0.550. The monoisotopic (exact) mass is 286 g/mol. The summed E-state index contributed by atoms with van der Waals surface area (Å²) in [7, 11) is 0. The third-order valence-electron chi connectivity index (χ3n) is 3.22. The molecule has 4 nitrogen and oxygen atoms in total. The van der Waals surface area contributed by atoms with Crippen molar-refractivity contribution in [1.82, 2.24) is 4.98 Å². The Kier molecular flexibility index (Phi) is 3.03. The largest absolute Gasteiger partial charge is 0.300 e. The van der Waals surface area contributed by atoms with Gasteiger partial charge in [0.05, 0.1) is 22.8 Å². The molecule has 0 atom stereocenters. The summed E-state index contributed by atoms with van der Waals surface area (Å²) >= 11 is 6.01. The average molecular weight is 287 g/mol. The normalized spacial score (nSPS) is 13.8. The number of ketones is 1. The maximum atomic E-state index is 12.1. The van der Waals surface area contributed by atoms with Gasteiger partial charge < -0.3 is 4.90 Å². The van der Waals surface area contributed by atoms with Crippen molar-refractivity contribution in [3.8, 4) is 0 Å². The van der Waals surface area contributed by atoms with Gasteiger partial charge in [-0.3, -0.25) is 14.6 Å². The number of benzene rings is 1. The second kappa shape index (κ2) is 4.72. The van der Waals surface area contributed by atoms with E-state index in [0.29, 0.717) is 22.8 Å². The Morgan fingerprint density at radius 3 is 2.80 bits per heavy atom. The third kappa shape index (κ3) is 1.98. The summed E-state index contributed by atoms with van der Waals surface area (Å²) in [5.74, 6) is -1.10.